The van der Waals surface area contributed by atoms with E-state index in [2.05, 4.69) is 41.3 Å². The average molecular weight is 226 g/mol. The molecule has 3 rings (SSSR count). The Hall–Kier alpha value is -1.33. The molecule has 1 aromatic rings. The first-order chi connectivity index (χ1) is 8.36. The summed E-state index contributed by atoms with van der Waals surface area (Å²) in [6, 6.07) is 13.1. The Labute approximate surface area is 103 Å². The topological polar surface area (TPSA) is 27.0 Å². The van der Waals surface area contributed by atoms with E-state index in [4.69, 9.17) is 5.26 Å². The van der Waals surface area contributed by atoms with Gasteiger partial charge in [0.1, 0.15) is 0 Å². The molecule has 0 aromatic heterocycles. The number of nitriles is 1. The lowest BCUT2D eigenvalue weighted by Crippen LogP contribution is -2.22. The van der Waals surface area contributed by atoms with Gasteiger partial charge in [0.05, 0.1) is 12.0 Å². The molecule has 0 amide bonds. The van der Waals surface area contributed by atoms with Gasteiger partial charge in [-0.15, -0.1) is 0 Å². The van der Waals surface area contributed by atoms with Crippen molar-refractivity contribution < 1.29 is 0 Å². The molecule has 2 heteroatoms. The van der Waals surface area contributed by atoms with Crippen molar-refractivity contribution in [3.05, 3.63) is 35.9 Å². The van der Waals surface area contributed by atoms with Gasteiger partial charge in [0.25, 0.3) is 0 Å². The number of rotatable bonds is 2. The smallest absolute Gasteiger partial charge is 0.0659 e. The largest absolute Gasteiger partial charge is 0.298 e. The molecule has 1 aromatic carbocycles. The molecule has 1 saturated carbocycles. The van der Waals surface area contributed by atoms with E-state index in [1.165, 1.54) is 18.5 Å². The van der Waals surface area contributed by atoms with E-state index < -0.39 is 0 Å². The molecule has 1 heterocycles. The molecule has 3 atom stereocenters. The Kier molecular flexibility index (Phi) is 2.86. The normalized spacial score (nSPS) is 32.3. The summed E-state index contributed by atoms with van der Waals surface area (Å²) in [6.07, 6.45) is 2.39. The zero-order chi connectivity index (χ0) is 11.7. The molecule has 17 heavy (non-hydrogen) atoms. The highest BCUT2D eigenvalue weighted by atomic mass is 15.2. The highest BCUT2D eigenvalue weighted by Crippen LogP contribution is 2.42. The van der Waals surface area contributed by atoms with E-state index >= 15 is 0 Å². The predicted molar refractivity (Wildman–Crippen MR) is 67.0 cm³/mol. The molecule has 88 valence electrons. The average Bonchev–Trinajstić information content (AvgIpc) is 2.89. The number of fused-ring (bicyclic) bond motifs is 1. The summed E-state index contributed by atoms with van der Waals surface area (Å²) in [7, 11) is 0. The van der Waals surface area contributed by atoms with Crippen LogP contribution in [-0.4, -0.2) is 18.0 Å². The number of hydrogen-bond donors (Lipinski definition) is 0. The summed E-state index contributed by atoms with van der Waals surface area (Å²) in [4.78, 5) is 2.52. The summed E-state index contributed by atoms with van der Waals surface area (Å²) in [5.74, 6) is 1.74. The van der Waals surface area contributed by atoms with Gasteiger partial charge in [-0.05, 0) is 30.2 Å². The molecular formula is C15H18N2. The second kappa shape index (κ2) is 4.50. The number of hydrogen-bond acceptors (Lipinski definition) is 2. The van der Waals surface area contributed by atoms with Crippen LogP contribution in [0, 0.1) is 29.1 Å². The second-order valence-corrected chi connectivity index (χ2v) is 5.42. The first-order valence-corrected chi connectivity index (χ1v) is 6.52. The molecule has 1 aliphatic heterocycles. The molecule has 0 radical (unpaired) electrons. The minimum Gasteiger partial charge on any atom is -0.298 e. The van der Waals surface area contributed by atoms with Gasteiger partial charge in [-0.2, -0.15) is 5.26 Å². The van der Waals surface area contributed by atoms with Crippen LogP contribution >= 0.6 is 0 Å². The Bertz CT molecular complexity index is 420. The van der Waals surface area contributed by atoms with Gasteiger partial charge in [0, 0.05) is 19.6 Å². The van der Waals surface area contributed by atoms with Crippen molar-refractivity contribution in [1.29, 1.82) is 5.26 Å². The van der Waals surface area contributed by atoms with Crippen LogP contribution in [0.2, 0.25) is 0 Å². The van der Waals surface area contributed by atoms with Crippen LogP contribution in [0.1, 0.15) is 18.4 Å². The Balaban J connectivity index is 1.64. The van der Waals surface area contributed by atoms with Gasteiger partial charge < -0.3 is 0 Å². The maximum atomic E-state index is 9.12. The molecular weight excluding hydrogens is 208 g/mol. The Morgan fingerprint density at radius 3 is 2.76 bits per heavy atom. The van der Waals surface area contributed by atoms with E-state index in [-0.39, 0.29) is 0 Å². The SMILES string of the molecule is N#CC1CCC2CN(Cc3ccccc3)CC12. The third-order valence-electron chi connectivity index (χ3n) is 4.35. The van der Waals surface area contributed by atoms with Gasteiger partial charge in [0.15, 0.2) is 0 Å². The number of benzene rings is 1. The van der Waals surface area contributed by atoms with Crippen molar-refractivity contribution >= 4 is 0 Å². The van der Waals surface area contributed by atoms with E-state index in [1.54, 1.807) is 0 Å². The summed E-state index contributed by atoms with van der Waals surface area (Å²) < 4.78 is 0. The zero-order valence-corrected chi connectivity index (χ0v) is 10.0. The van der Waals surface area contributed by atoms with Gasteiger partial charge >= 0.3 is 0 Å². The molecule has 0 N–H and O–H groups in total. The third-order valence-corrected chi connectivity index (χ3v) is 4.35. The fourth-order valence-electron chi connectivity index (χ4n) is 3.49. The standard InChI is InChI=1S/C15H18N2/c16-8-13-6-7-14-10-17(11-15(13)14)9-12-4-2-1-3-5-12/h1-5,13-15H,6-7,9-11H2. The first kappa shape index (κ1) is 10.8. The van der Waals surface area contributed by atoms with Crippen LogP contribution in [0.4, 0.5) is 0 Å². The van der Waals surface area contributed by atoms with Crippen molar-refractivity contribution in [2.75, 3.05) is 13.1 Å². The summed E-state index contributed by atoms with van der Waals surface area (Å²) in [5, 5.41) is 9.12. The number of likely N-dealkylation sites (tertiary alicyclic amines) is 1. The van der Waals surface area contributed by atoms with Gasteiger partial charge in [-0.1, -0.05) is 30.3 Å². The Morgan fingerprint density at radius 1 is 1.18 bits per heavy atom. The van der Waals surface area contributed by atoms with Crippen LogP contribution in [0.3, 0.4) is 0 Å². The van der Waals surface area contributed by atoms with E-state index in [0.29, 0.717) is 11.8 Å². The molecule has 0 spiro atoms. The van der Waals surface area contributed by atoms with Gasteiger partial charge in [-0.25, -0.2) is 0 Å². The fourth-order valence-corrected chi connectivity index (χ4v) is 3.49. The molecule has 1 aliphatic carbocycles. The predicted octanol–water partition coefficient (Wildman–Crippen LogP) is 2.67. The first-order valence-electron chi connectivity index (χ1n) is 6.52. The van der Waals surface area contributed by atoms with E-state index in [9.17, 15) is 0 Å². The van der Waals surface area contributed by atoms with E-state index in [1.807, 2.05) is 0 Å². The monoisotopic (exact) mass is 226 g/mol. The second-order valence-electron chi connectivity index (χ2n) is 5.42. The van der Waals surface area contributed by atoms with Crippen LogP contribution < -0.4 is 0 Å². The molecule has 3 unspecified atom stereocenters. The molecule has 2 fully saturated rings. The number of nitrogens with zero attached hydrogens (tertiary/aromatic N) is 2. The van der Waals surface area contributed by atoms with Crippen LogP contribution in [-0.2, 0) is 6.54 Å². The van der Waals surface area contributed by atoms with Gasteiger partial charge in [0.2, 0.25) is 0 Å². The summed E-state index contributed by atoms with van der Waals surface area (Å²) >= 11 is 0. The van der Waals surface area contributed by atoms with Gasteiger partial charge in [-0.3, -0.25) is 4.90 Å². The minimum absolute atomic E-state index is 0.320. The van der Waals surface area contributed by atoms with Crippen molar-refractivity contribution in [3.8, 4) is 6.07 Å². The lowest BCUT2D eigenvalue weighted by Gasteiger charge is -2.17. The highest BCUT2D eigenvalue weighted by Gasteiger charge is 2.42. The molecule has 1 saturated heterocycles. The summed E-state index contributed by atoms with van der Waals surface area (Å²) in [6.45, 7) is 3.36. The molecule has 2 aliphatic rings. The van der Waals surface area contributed by atoms with Crippen LogP contribution in [0.25, 0.3) is 0 Å². The van der Waals surface area contributed by atoms with Crippen molar-refractivity contribution in [1.82, 2.24) is 4.90 Å². The third kappa shape index (κ3) is 2.08. The zero-order valence-electron chi connectivity index (χ0n) is 10.0. The van der Waals surface area contributed by atoms with Crippen LogP contribution in [0.15, 0.2) is 30.3 Å². The van der Waals surface area contributed by atoms with Crippen molar-refractivity contribution in [3.63, 3.8) is 0 Å². The maximum Gasteiger partial charge on any atom is 0.0659 e. The maximum absolute atomic E-state index is 9.12. The van der Waals surface area contributed by atoms with Crippen LogP contribution in [0.5, 0.6) is 0 Å². The lowest BCUT2D eigenvalue weighted by atomic mass is 9.94. The quantitative estimate of drug-likeness (QED) is 0.775. The minimum atomic E-state index is 0.320. The lowest BCUT2D eigenvalue weighted by molar-refractivity contribution is 0.295. The molecule has 2 nitrogen and oxygen atoms in total. The van der Waals surface area contributed by atoms with E-state index in [0.717, 1.165) is 25.4 Å². The summed E-state index contributed by atoms with van der Waals surface area (Å²) in [5.41, 5.74) is 1.39. The van der Waals surface area contributed by atoms with Crippen molar-refractivity contribution in [2.24, 2.45) is 17.8 Å². The fraction of sp³-hybridized carbons (Fsp3) is 0.533. The Morgan fingerprint density at radius 2 is 2.00 bits per heavy atom. The molecule has 0 bridgehead atoms. The van der Waals surface area contributed by atoms with Crippen molar-refractivity contribution in [2.45, 2.75) is 19.4 Å². The highest BCUT2D eigenvalue weighted by molar-refractivity contribution is 5.15.